The number of anilines is 1. The summed E-state index contributed by atoms with van der Waals surface area (Å²) in [5, 5.41) is 2.85. The Morgan fingerprint density at radius 2 is 1.64 bits per heavy atom. The van der Waals surface area contributed by atoms with E-state index in [9.17, 15) is 31.5 Å². The number of benzene rings is 1. The van der Waals surface area contributed by atoms with E-state index < -0.39 is 18.9 Å². The first-order valence-electron chi connectivity index (χ1n) is 15.8. The Morgan fingerprint density at radius 1 is 1.02 bits per heavy atom. The predicted octanol–water partition coefficient (Wildman–Crippen LogP) is 10.7. The minimum Gasteiger partial charge on any atom is -0.322 e. The van der Waals surface area contributed by atoms with E-state index in [0.717, 1.165) is 54.3 Å². The number of allylic oxidation sites excluding steroid dienone is 5. The van der Waals surface area contributed by atoms with Crippen molar-refractivity contribution in [2.24, 2.45) is 17.8 Å². The minimum absolute atomic E-state index is 0.00211. The van der Waals surface area contributed by atoms with Gasteiger partial charge in [-0.3, -0.25) is 4.79 Å². The van der Waals surface area contributed by atoms with Gasteiger partial charge in [0.1, 0.15) is 6.29 Å². The molecule has 3 unspecified atom stereocenters. The molecule has 0 aliphatic carbocycles. The lowest BCUT2D eigenvalue weighted by Crippen LogP contribution is -2.39. The van der Waals surface area contributed by atoms with Crippen molar-refractivity contribution < 1.29 is 36.3 Å². The van der Waals surface area contributed by atoms with Crippen LogP contribution in [0.4, 0.5) is 27.6 Å². The number of halogens is 5. The summed E-state index contributed by atoms with van der Waals surface area (Å²) in [4.78, 5) is 24.1. The number of hydrogen-bond donors (Lipinski definition) is 1. The molecule has 1 N–H and O–H groups in total. The predicted molar refractivity (Wildman–Crippen MR) is 172 cm³/mol. The highest BCUT2D eigenvalue weighted by Crippen LogP contribution is 2.42. The highest BCUT2D eigenvalue weighted by atomic mass is 19.4. The fourth-order valence-electron chi connectivity index (χ4n) is 5.56. The van der Waals surface area contributed by atoms with Crippen LogP contribution in [0.2, 0.25) is 0 Å². The zero-order chi connectivity index (χ0) is 34.2. The smallest absolute Gasteiger partial charge is 0.322 e. The van der Waals surface area contributed by atoms with Crippen molar-refractivity contribution >= 4 is 17.9 Å². The second kappa shape index (κ2) is 19.4. The molecule has 0 radical (unpaired) electrons. The Balaban J connectivity index is 3.32. The second-order valence-electron chi connectivity index (χ2n) is 11.6. The molecule has 252 valence electrons. The number of ether oxygens (including phenoxy) is 1. The Kier molecular flexibility index (Phi) is 17.3. The Bertz CT molecular complexity index is 1180. The first-order chi connectivity index (χ1) is 21.1. The van der Waals surface area contributed by atoms with Gasteiger partial charge in [0.2, 0.25) is 0 Å². The average Bonchev–Trinajstić information content (AvgIpc) is 2.98. The van der Waals surface area contributed by atoms with E-state index in [1.165, 1.54) is 0 Å². The largest absolute Gasteiger partial charge is 0.482 e. The number of aryl methyl sites for hydroxylation is 1. The summed E-state index contributed by atoms with van der Waals surface area (Å²) in [5.74, 6) is -0.435. The van der Waals surface area contributed by atoms with Crippen LogP contribution < -0.4 is 5.32 Å². The molecule has 1 rings (SSSR count). The molecule has 0 aliphatic rings. The van der Waals surface area contributed by atoms with Crippen LogP contribution in [0.15, 0.2) is 71.4 Å². The SMILES string of the molecule is C=C(C=CC(=CC)C(CCC)C(=C(C)CCC=O)C(CCC)C(C)CCCOC(F)(F)C(F)(F)F)C(=O)Nc1ccc(C)cc1. The summed E-state index contributed by atoms with van der Waals surface area (Å²) < 4.78 is 68.1. The fourth-order valence-corrected chi connectivity index (χ4v) is 5.56. The monoisotopic (exact) mass is 639 g/mol. The van der Waals surface area contributed by atoms with E-state index in [2.05, 4.69) is 23.6 Å². The fraction of sp³-hybridized carbons (Fsp3) is 0.556. The van der Waals surface area contributed by atoms with E-state index in [-0.39, 0.29) is 35.7 Å². The van der Waals surface area contributed by atoms with Gasteiger partial charge in [-0.1, -0.05) is 81.2 Å². The van der Waals surface area contributed by atoms with Crippen LogP contribution in [-0.4, -0.2) is 31.1 Å². The zero-order valence-corrected chi connectivity index (χ0v) is 27.5. The number of rotatable bonds is 20. The maximum absolute atomic E-state index is 13.3. The van der Waals surface area contributed by atoms with Gasteiger partial charge in [-0.2, -0.15) is 22.0 Å². The third kappa shape index (κ3) is 13.1. The van der Waals surface area contributed by atoms with E-state index in [1.807, 2.05) is 71.0 Å². The first kappa shape index (κ1) is 40.0. The molecule has 0 heterocycles. The van der Waals surface area contributed by atoms with Gasteiger partial charge in [0.05, 0.1) is 6.61 Å². The third-order valence-corrected chi connectivity index (χ3v) is 8.00. The van der Waals surface area contributed by atoms with Gasteiger partial charge in [0.25, 0.3) is 5.91 Å². The van der Waals surface area contributed by atoms with E-state index in [0.29, 0.717) is 24.9 Å². The maximum Gasteiger partial charge on any atom is 0.482 e. The van der Waals surface area contributed by atoms with Gasteiger partial charge >= 0.3 is 12.3 Å². The van der Waals surface area contributed by atoms with Crippen LogP contribution in [0, 0.1) is 24.7 Å². The lowest BCUT2D eigenvalue weighted by molar-refractivity contribution is -0.391. The van der Waals surface area contributed by atoms with Gasteiger partial charge < -0.3 is 14.8 Å². The highest BCUT2D eigenvalue weighted by Gasteiger charge is 2.59. The van der Waals surface area contributed by atoms with E-state index in [1.54, 1.807) is 6.08 Å². The molecule has 0 saturated carbocycles. The van der Waals surface area contributed by atoms with Gasteiger partial charge in [-0.15, -0.1) is 0 Å². The van der Waals surface area contributed by atoms with Gasteiger partial charge in [0, 0.05) is 23.6 Å². The molecule has 45 heavy (non-hydrogen) atoms. The summed E-state index contributed by atoms with van der Waals surface area (Å²) in [7, 11) is 0. The maximum atomic E-state index is 13.3. The molecule has 9 heteroatoms. The number of alkyl halides is 5. The molecule has 1 aromatic rings. The molecule has 0 fully saturated rings. The van der Waals surface area contributed by atoms with Crippen molar-refractivity contribution in [2.75, 3.05) is 11.9 Å². The second-order valence-corrected chi connectivity index (χ2v) is 11.6. The number of carbonyl (C=O) groups excluding carboxylic acids is 2. The third-order valence-electron chi connectivity index (χ3n) is 8.00. The van der Waals surface area contributed by atoms with Crippen LogP contribution >= 0.6 is 0 Å². The van der Waals surface area contributed by atoms with Crippen molar-refractivity contribution in [3.63, 3.8) is 0 Å². The quantitative estimate of drug-likeness (QED) is 0.0386. The van der Waals surface area contributed by atoms with Crippen LogP contribution in [0.3, 0.4) is 0 Å². The molecule has 1 aromatic carbocycles. The van der Waals surface area contributed by atoms with Crippen LogP contribution in [-0.2, 0) is 14.3 Å². The van der Waals surface area contributed by atoms with Crippen LogP contribution in [0.5, 0.6) is 0 Å². The summed E-state index contributed by atoms with van der Waals surface area (Å²) in [5.41, 5.74) is 5.21. The molecule has 4 nitrogen and oxygen atoms in total. The Labute approximate surface area is 265 Å². The lowest BCUT2D eigenvalue weighted by atomic mass is 9.70. The number of amides is 1. The molecule has 0 spiro atoms. The molecular weight excluding hydrogens is 589 g/mol. The van der Waals surface area contributed by atoms with Gasteiger partial charge in [-0.05, 0) is 88.5 Å². The van der Waals surface area contributed by atoms with Gasteiger partial charge in [0.15, 0.2) is 0 Å². The van der Waals surface area contributed by atoms with Crippen molar-refractivity contribution in [3.05, 3.63) is 76.9 Å². The van der Waals surface area contributed by atoms with E-state index in [4.69, 9.17) is 0 Å². The lowest BCUT2D eigenvalue weighted by Gasteiger charge is -2.35. The first-order valence-corrected chi connectivity index (χ1v) is 15.8. The summed E-state index contributed by atoms with van der Waals surface area (Å²) in [6, 6.07) is 7.45. The molecule has 0 bridgehead atoms. The molecule has 3 atom stereocenters. The Morgan fingerprint density at radius 3 is 2.18 bits per heavy atom. The number of hydrogen-bond acceptors (Lipinski definition) is 3. The summed E-state index contributed by atoms with van der Waals surface area (Å²) in [6.45, 7) is 15.2. The number of carbonyl (C=O) groups is 2. The van der Waals surface area contributed by atoms with Crippen molar-refractivity contribution in [3.8, 4) is 0 Å². The molecule has 1 amide bonds. The van der Waals surface area contributed by atoms with Crippen molar-refractivity contribution in [1.82, 2.24) is 0 Å². The topological polar surface area (TPSA) is 55.4 Å². The molecule has 0 aliphatic heterocycles. The molecule has 0 saturated heterocycles. The van der Waals surface area contributed by atoms with Crippen LogP contribution in [0.1, 0.15) is 91.5 Å². The van der Waals surface area contributed by atoms with E-state index >= 15 is 0 Å². The molecular formula is C36H50F5NO3. The van der Waals surface area contributed by atoms with Crippen molar-refractivity contribution in [1.29, 1.82) is 0 Å². The van der Waals surface area contributed by atoms with Gasteiger partial charge in [-0.25, -0.2) is 0 Å². The minimum atomic E-state index is -5.76. The molecule has 0 aromatic heterocycles. The number of aldehydes is 1. The number of nitrogens with one attached hydrogen (secondary N) is 1. The zero-order valence-electron chi connectivity index (χ0n) is 27.5. The average molecular weight is 640 g/mol. The Hall–Kier alpha value is -3.07. The standard InChI is InChI=1S/C36H50F5NO3/c1-8-13-31(26(5)16-12-24-45-36(40,41)35(37,38)39)33(27(6)15-11-23-43)32(14-9-2)29(10-3)20-19-28(7)34(44)42-30-21-17-25(4)18-22-30/h10,17-23,26,31-32H,7-9,11-16,24H2,1-6H3,(H,42,44). The summed E-state index contributed by atoms with van der Waals surface area (Å²) >= 11 is 0. The van der Waals surface area contributed by atoms with Crippen molar-refractivity contribution in [2.45, 2.75) is 105 Å². The van der Waals surface area contributed by atoms with Crippen LogP contribution in [0.25, 0.3) is 0 Å². The highest BCUT2D eigenvalue weighted by molar-refractivity contribution is 6.05. The normalized spacial score (nSPS) is 15.4. The summed E-state index contributed by atoms with van der Waals surface area (Å²) in [6.07, 6.45) is 0.0862.